The zero-order valence-corrected chi connectivity index (χ0v) is 31.4. The first-order valence-corrected chi connectivity index (χ1v) is 19.8. The fourth-order valence-electron chi connectivity index (χ4n) is 9.19. The molecule has 0 aliphatic rings. The number of hydrogen-bond donors (Lipinski definition) is 0. The van der Waals surface area contributed by atoms with Crippen LogP contribution in [0.4, 0.5) is 0 Å². The van der Waals surface area contributed by atoms with Crippen LogP contribution in [0.5, 0.6) is 0 Å². The molecule has 4 heterocycles. The maximum atomic E-state index is 6.61. The molecule has 0 radical (unpaired) electrons. The second-order valence-corrected chi connectivity index (χ2v) is 15.1. The molecule has 0 spiro atoms. The SMILES string of the molecule is c1ccc2cc3c(cc2c1)c1ccccc1n3-c1c(-c2nc(-c3cccc4ccccc34)nc(-c3cccc4c3oc3ccccc34)n2)ccc2oc3ccccc3c12. The molecule has 0 amide bonds. The molecule has 0 aliphatic carbocycles. The molecular formula is C53H30N4O2. The fourth-order valence-corrected chi connectivity index (χ4v) is 9.19. The largest absolute Gasteiger partial charge is 0.456 e. The molecule has 0 N–H and O–H groups in total. The summed E-state index contributed by atoms with van der Waals surface area (Å²) in [4.78, 5) is 16.1. The van der Waals surface area contributed by atoms with E-state index in [1.54, 1.807) is 0 Å². The van der Waals surface area contributed by atoms with E-state index in [9.17, 15) is 0 Å². The van der Waals surface area contributed by atoms with Gasteiger partial charge in [0.15, 0.2) is 17.5 Å². The number of para-hydroxylation sites is 4. The predicted molar refractivity (Wildman–Crippen MR) is 240 cm³/mol. The molecule has 0 atom stereocenters. The summed E-state index contributed by atoms with van der Waals surface area (Å²) in [5, 5.41) is 10.9. The summed E-state index contributed by atoms with van der Waals surface area (Å²) in [6.45, 7) is 0. The summed E-state index contributed by atoms with van der Waals surface area (Å²) in [5.74, 6) is 1.64. The first-order valence-electron chi connectivity index (χ1n) is 19.8. The van der Waals surface area contributed by atoms with E-state index in [0.29, 0.717) is 17.5 Å². The van der Waals surface area contributed by atoms with Gasteiger partial charge in [0.25, 0.3) is 0 Å². The van der Waals surface area contributed by atoms with Gasteiger partial charge in [0.2, 0.25) is 0 Å². The zero-order chi connectivity index (χ0) is 38.6. The molecule has 4 aromatic heterocycles. The lowest BCUT2D eigenvalue weighted by Gasteiger charge is -2.16. The van der Waals surface area contributed by atoms with Gasteiger partial charge in [-0.1, -0.05) is 133 Å². The Hall–Kier alpha value is -8.09. The molecule has 6 heteroatoms. The Bertz CT molecular complexity index is 3870. The van der Waals surface area contributed by atoms with Crippen molar-refractivity contribution < 1.29 is 8.83 Å². The lowest BCUT2D eigenvalue weighted by Crippen LogP contribution is -2.04. The summed E-state index contributed by atoms with van der Waals surface area (Å²) < 4.78 is 15.6. The number of aromatic nitrogens is 4. The summed E-state index contributed by atoms with van der Waals surface area (Å²) in [5.41, 5.74) is 8.82. The van der Waals surface area contributed by atoms with Crippen molar-refractivity contribution in [1.82, 2.24) is 19.5 Å². The molecule has 0 saturated heterocycles. The van der Waals surface area contributed by atoms with Crippen LogP contribution in [-0.2, 0) is 0 Å². The van der Waals surface area contributed by atoms with Crippen molar-refractivity contribution in [2.45, 2.75) is 0 Å². The van der Waals surface area contributed by atoms with Gasteiger partial charge in [0, 0.05) is 38.1 Å². The smallest absolute Gasteiger partial charge is 0.167 e. The van der Waals surface area contributed by atoms with Gasteiger partial charge in [0.1, 0.15) is 22.3 Å². The highest BCUT2D eigenvalue weighted by Crippen LogP contribution is 2.44. The van der Waals surface area contributed by atoms with Crippen molar-refractivity contribution in [3.8, 4) is 39.9 Å². The Kier molecular flexibility index (Phi) is 6.63. The molecule has 0 saturated carbocycles. The van der Waals surface area contributed by atoms with Gasteiger partial charge in [-0.2, -0.15) is 0 Å². The lowest BCUT2D eigenvalue weighted by atomic mass is 10.0. The Balaban J connectivity index is 1.19. The van der Waals surface area contributed by atoms with Gasteiger partial charge >= 0.3 is 0 Å². The minimum atomic E-state index is 0.527. The predicted octanol–water partition coefficient (Wildman–Crippen LogP) is 14.1. The minimum absolute atomic E-state index is 0.527. The van der Waals surface area contributed by atoms with E-state index < -0.39 is 0 Å². The maximum absolute atomic E-state index is 6.61. The average molecular weight is 755 g/mol. The summed E-state index contributed by atoms with van der Waals surface area (Å²) >= 11 is 0. The van der Waals surface area contributed by atoms with Crippen LogP contribution < -0.4 is 0 Å². The summed E-state index contributed by atoms with van der Waals surface area (Å²) in [6, 6.07) is 63.2. The van der Waals surface area contributed by atoms with Crippen molar-refractivity contribution in [3.05, 3.63) is 182 Å². The van der Waals surface area contributed by atoms with E-state index in [4.69, 9.17) is 23.8 Å². The molecule has 0 aliphatic heterocycles. The third-order valence-corrected chi connectivity index (χ3v) is 11.8. The van der Waals surface area contributed by atoms with Crippen LogP contribution in [0.1, 0.15) is 0 Å². The van der Waals surface area contributed by atoms with Crippen molar-refractivity contribution >= 4 is 87.2 Å². The van der Waals surface area contributed by atoms with Crippen LogP contribution in [0.15, 0.2) is 191 Å². The molecule has 6 nitrogen and oxygen atoms in total. The maximum Gasteiger partial charge on any atom is 0.167 e. The van der Waals surface area contributed by atoms with E-state index >= 15 is 0 Å². The minimum Gasteiger partial charge on any atom is -0.456 e. The molecule has 0 bridgehead atoms. The van der Waals surface area contributed by atoms with E-state index in [1.165, 1.54) is 10.8 Å². The Morgan fingerprint density at radius 3 is 1.75 bits per heavy atom. The highest BCUT2D eigenvalue weighted by atomic mass is 16.3. The fraction of sp³-hybridized carbons (Fsp3) is 0. The van der Waals surface area contributed by atoms with Crippen LogP contribution in [-0.4, -0.2) is 19.5 Å². The molecule has 9 aromatic carbocycles. The van der Waals surface area contributed by atoms with Crippen LogP contribution in [0.25, 0.3) is 127 Å². The Morgan fingerprint density at radius 1 is 0.339 bits per heavy atom. The topological polar surface area (TPSA) is 69.9 Å². The normalized spacial score (nSPS) is 12.1. The van der Waals surface area contributed by atoms with Crippen molar-refractivity contribution in [1.29, 1.82) is 0 Å². The first-order chi connectivity index (χ1) is 29.2. The average Bonchev–Trinajstić information content (AvgIpc) is 3.97. The number of benzene rings is 9. The quantitative estimate of drug-likeness (QED) is 0.179. The van der Waals surface area contributed by atoms with Crippen LogP contribution >= 0.6 is 0 Å². The van der Waals surface area contributed by atoms with Gasteiger partial charge in [0.05, 0.1) is 27.7 Å². The second kappa shape index (κ2) is 12.2. The third-order valence-electron chi connectivity index (χ3n) is 11.8. The van der Waals surface area contributed by atoms with Gasteiger partial charge in [-0.15, -0.1) is 0 Å². The van der Waals surface area contributed by atoms with Gasteiger partial charge in [-0.3, -0.25) is 0 Å². The Labute approximate surface area is 336 Å². The molecule has 0 fully saturated rings. The zero-order valence-electron chi connectivity index (χ0n) is 31.4. The molecule has 13 aromatic rings. The van der Waals surface area contributed by atoms with E-state index in [0.717, 1.165) is 98.8 Å². The Morgan fingerprint density at radius 2 is 0.915 bits per heavy atom. The number of furan rings is 2. The van der Waals surface area contributed by atoms with Crippen LogP contribution in [0.2, 0.25) is 0 Å². The summed E-state index contributed by atoms with van der Waals surface area (Å²) in [7, 11) is 0. The van der Waals surface area contributed by atoms with Crippen molar-refractivity contribution in [3.63, 3.8) is 0 Å². The highest BCUT2D eigenvalue weighted by Gasteiger charge is 2.25. The van der Waals surface area contributed by atoms with E-state index in [1.807, 2.05) is 36.4 Å². The van der Waals surface area contributed by atoms with Crippen molar-refractivity contribution in [2.24, 2.45) is 0 Å². The molecule has 59 heavy (non-hydrogen) atoms. The first kappa shape index (κ1) is 32.0. The number of hydrogen-bond acceptors (Lipinski definition) is 5. The summed E-state index contributed by atoms with van der Waals surface area (Å²) in [6.07, 6.45) is 0. The number of fused-ring (bicyclic) bond motifs is 11. The molecule has 0 unspecified atom stereocenters. The van der Waals surface area contributed by atoms with Gasteiger partial charge in [-0.05, 0) is 70.1 Å². The van der Waals surface area contributed by atoms with E-state index in [2.05, 4.69) is 150 Å². The lowest BCUT2D eigenvalue weighted by molar-refractivity contribution is 0.669. The molecule has 13 rings (SSSR count). The van der Waals surface area contributed by atoms with Gasteiger partial charge in [-0.25, -0.2) is 15.0 Å². The monoisotopic (exact) mass is 754 g/mol. The third kappa shape index (κ3) is 4.71. The van der Waals surface area contributed by atoms with E-state index in [-0.39, 0.29) is 0 Å². The molecule has 274 valence electrons. The highest BCUT2D eigenvalue weighted by molar-refractivity contribution is 6.18. The second-order valence-electron chi connectivity index (χ2n) is 15.1. The van der Waals surface area contributed by atoms with Crippen molar-refractivity contribution in [2.75, 3.05) is 0 Å². The standard InChI is InChI=1S/C53H30N4O2/c1-2-15-33-30-44-42(29-32(33)14-1)35-18-5-8-24-43(35)57(44)49-40(27-28-47-48(49)39-20-7-10-26-46(39)58-47)52-54-51(38-22-11-16-31-13-3-4-17-34(31)38)55-53(56-52)41-23-12-21-37-36-19-6-9-25-45(36)59-50(37)41/h1-30H. The molecular weight excluding hydrogens is 725 g/mol. The number of nitrogens with zero attached hydrogens (tertiary/aromatic N) is 4. The number of rotatable bonds is 4. The van der Waals surface area contributed by atoms with Crippen LogP contribution in [0.3, 0.4) is 0 Å². The van der Waals surface area contributed by atoms with Gasteiger partial charge < -0.3 is 13.4 Å². The van der Waals surface area contributed by atoms with Crippen LogP contribution in [0, 0.1) is 0 Å².